The minimum Gasteiger partial charge on any atom is -0.457 e. The van der Waals surface area contributed by atoms with E-state index in [2.05, 4.69) is 10.2 Å². The first kappa shape index (κ1) is 20.2. The van der Waals surface area contributed by atoms with Gasteiger partial charge in [-0.05, 0) is 81.4 Å². The summed E-state index contributed by atoms with van der Waals surface area (Å²) in [6.07, 6.45) is 4.94. The Morgan fingerprint density at radius 2 is 1.79 bits per heavy atom. The van der Waals surface area contributed by atoms with Crippen molar-refractivity contribution in [2.75, 3.05) is 45.2 Å². The Labute approximate surface area is 168 Å². The topological polar surface area (TPSA) is 44.8 Å². The van der Waals surface area contributed by atoms with Crippen LogP contribution in [0.15, 0.2) is 48.5 Å². The summed E-state index contributed by atoms with van der Waals surface area (Å²) >= 11 is 0. The van der Waals surface area contributed by atoms with E-state index in [1.165, 1.54) is 32.4 Å². The summed E-state index contributed by atoms with van der Waals surface area (Å²) < 4.78 is 5.90. The van der Waals surface area contributed by atoms with Crippen LogP contribution in [-0.2, 0) is 0 Å². The van der Waals surface area contributed by atoms with E-state index in [9.17, 15) is 4.79 Å². The molecule has 2 aromatic carbocycles. The van der Waals surface area contributed by atoms with Crippen LogP contribution < -0.4 is 15.0 Å². The Balaban J connectivity index is 1.48. The first-order chi connectivity index (χ1) is 13.6. The van der Waals surface area contributed by atoms with E-state index >= 15 is 0 Å². The second-order valence-corrected chi connectivity index (χ2v) is 7.53. The summed E-state index contributed by atoms with van der Waals surface area (Å²) in [5.41, 5.74) is 1.74. The van der Waals surface area contributed by atoms with Gasteiger partial charge in [0.25, 0.3) is 5.91 Å². The number of ether oxygens (including phenoxy) is 1. The van der Waals surface area contributed by atoms with Gasteiger partial charge < -0.3 is 19.9 Å². The van der Waals surface area contributed by atoms with E-state index < -0.39 is 0 Å². The van der Waals surface area contributed by atoms with Crippen molar-refractivity contribution in [1.29, 1.82) is 0 Å². The highest BCUT2D eigenvalue weighted by atomic mass is 16.5. The number of nitrogens with zero attached hydrogens (tertiary/aromatic N) is 2. The number of rotatable bonds is 8. The van der Waals surface area contributed by atoms with Gasteiger partial charge in [0.2, 0.25) is 0 Å². The van der Waals surface area contributed by atoms with Gasteiger partial charge in [-0.3, -0.25) is 4.79 Å². The maximum Gasteiger partial charge on any atom is 0.251 e. The summed E-state index contributed by atoms with van der Waals surface area (Å²) in [4.78, 5) is 17.0. The number of hydrogen-bond donors (Lipinski definition) is 1. The van der Waals surface area contributed by atoms with Gasteiger partial charge in [0.15, 0.2) is 0 Å². The molecule has 1 heterocycles. The Hall–Kier alpha value is -2.53. The Morgan fingerprint density at radius 3 is 2.50 bits per heavy atom. The van der Waals surface area contributed by atoms with E-state index in [1.807, 2.05) is 61.5 Å². The molecule has 5 nitrogen and oxygen atoms in total. The lowest BCUT2D eigenvalue weighted by atomic mass is 10.1. The zero-order valence-corrected chi connectivity index (χ0v) is 17.0. The highest BCUT2D eigenvalue weighted by Gasteiger charge is 2.10. The predicted molar refractivity (Wildman–Crippen MR) is 115 cm³/mol. The van der Waals surface area contributed by atoms with Gasteiger partial charge >= 0.3 is 0 Å². The van der Waals surface area contributed by atoms with Gasteiger partial charge in [0.05, 0.1) is 0 Å². The van der Waals surface area contributed by atoms with E-state index in [0.29, 0.717) is 17.9 Å². The molecule has 3 rings (SSSR count). The van der Waals surface area contributed by atoms with Crippen LogP contribution in [0.5, 0.6) is 11.5 Å². The standard InChI is InChI=1S/C23H31N3O2/c1-25(2)20-10-12-21(13-11-20)28-22-9-6-8-19(18-22)23(27)24-14-7-17-26-15-4-3-5-16-26/h6,8-13,18H,3-5,7,14-17H2,1-2H3,(H,24,27). The number of carbonyl (C=O) groups is 1. The van der Waals surface area contributed by atoms with Gasteiger partial charge in [-0.25, -0.2) is 0 Å². The first-order valence-corrected chi connectivity index (χ1v) is 10.2. The van der Waals surface area contributed by atoms with Gasteiger partial charge in [-0.1, -0.05) is 12.5 Å². The number of benzene rings is 2. The Bertz CT molecular complexity index is 753. The summed E-state index contributed by atoms with van der Waals surface area (Å²) in [7, 11) is 4.01. The monoisotopic (exact) mass is 381 g/mol. The molecule has 150 valence electrons. The van der Waals surface area contributed by atoms with Crippen molar-refractivity contribution in [2.24, 2.45) is 0 Å². The van der Waals surface area contributed by atoms with Gasteiger partial charge in [-0.2, -0.15) is 0 Å². The third-order valence-corrected chi connectivity index (χ3v) is 5.07. The highest BCUT2D eigenvalue weighted by molar-refractivity contribution is 5.94. The molecular weight excluding hydrogens is 350 g/mol. The molecule has 0 aliphatic carbocycles. The average Bonchev–Trinajstić information content (AvgIpc) is 2.72. The van der Waals surface area contributed by atoms with E-state index in [4.69, 9.17) is 4.74 Å². The van der Waals surface area contributed by atoms with Crippen LogP contribution in [0.4, 0.5) is 5.69 Å². The molecule has 1 fully saturated rings. The van der Waals surface area contributed by atoms with Crippen molar-refractivity contribution in [3.63, 3.8) is 0 Å². The third-order valence-electron chi connectivity index (χ3n) is 5.07. The minimum absolute atomic E-state index is 0.0490. The van der Waals surface area contributed by atoms with Crippen LogP contribution >= 0.6 is 0 Å². The molecule has 28 heavy (non-hydrogen) atoms. The molecule has 1 N–H and O–H groups in total. The van der Waals surface area contributed by atoms with Crippen LogP contribution in [0, 0.1) is 0 Å². The van der Waals surface area contributed by atoms with Crippen LogP contribution in [0.1, 0.15) is 36.0 Å². The van der Waals surface area contributed by atoms with Crippen molar-refractivity contribution in [3.05, 3.63) is 54.1 Å². The Morgan fingerprint density at radius 1 is 1.04 bits per heavy atom. The summed E-state index contributed by atoms with van der Waals surface area (Å²) in [6, 6.07) is 15.2. The van der Waals surface area contributed by atoms with Crippen molar-refractivity contribution in [1.82, 2.24) is 10.2 Å². The number of nitrogens with one attached hydrogen (secondary N) is 1. The van der Waals surface area contributed by atoms with Crippen LogP contribution in [0.2, 0.25) is 0 Å². The van der Waals surface area contributed by atoms with Gasteiger partial charge in [-0.15, -0.1) is 0 Å². The molecule has 1 amide bonds. The van der Waals surface area contributed by atoms with Crippen molar-refractivity contribution in [2.45, 2.75) is 25.7 Å². The molecule has 0 aromatic heterocycles. The maximum absolute atomic E-state index is 12.4. The molecular formula is C23H31N3O2. The number of likely N-dealkylation sites (tertiary alicyclic amines) is 1. The molecule has 2 aromatic rings. The van der Waals surface area contributed by atoms with Crippen LogP contribution in [-0.4, -0.2) is 51.1 Å². The number of hydrogen-bond acceptors (Lipinski definition) is 4. The maximum atomic E-state index is 12.4. The van der Waals surface area contributed by atoms with Crippen LogP contribution in [0.25, 0.3) is 0 Å². The predicted octanol–water partition coefficient (Wildman–Crippen LogP) is 4.15. The number of amides is 1. The summed E-state index contributed by atoms with van der Waals surface area (Å²) in [6.45, 7) is 4.16. The number of carbonyl (C=O) groups excluding carboxylic acids is 1. The van der Waals surface area contributed by atoms with E-state index in [1.54, 1.807) is 6.07 Å². The molecule has 0 saturated carbocycles. The van der Waals surface area contributed by atoms with Gasteiger partial charge in [0, 0.05) is 31.9 Å². The lowest BCUT2D eigenvalue weighted by molar-refractivity contribution is 0.0951. The van der Waals surface area contributed by atoms with Crippen molar-refractivity contribution in [3.8, 4) is 11.5 Å². The second kappa shape index (κ2) is 10.1. The normalized spacial score (nSPS) is 14.5. The number of anilines is 1. The molecule has 0 atom stereocenters. The lowest BCUT2D eigenvalue weighted by Crippen LogP contribution is -2.33. The van der Waals surface area contributed by atoms with Crippen molar-refractivity contribution < 1.29 is 9.53 Å². The lowest BCUT2D eigenvalue weighted by Gasteiger charge is -2.26. The highest BCUT2D eigenvalue weighted by Crippen LogP contribution is 2.24. The number of piperidine rings is 1. The Kier molecular flexibility index (Phi) is 7.31. The fourth-order valence-corrected chi connectivity index (χ4v) is 3.44. The zero-order chi connectivity index (χ0) is 19.8. The largest absolute Gasteiger partial charge is 0.457 e. The fraction of sp³-hybridized carbons (Fsp3) is 0.435. The quantitative estimate of drug-likeness (QED) is 0.698. The smallest absolute Gasteiger partial charge is 0.251 e. The van der Waals surface area contributed by atoms with Crippen molar-refractivity contribution >= 4 is 11.6 Å². The molecule has 1 aliphatic rings. The summed E-state index contributed by atoms with van der Waals surface area (Å²) in [5, 5.41) is 3.02. The molecule has 0 unspecified atom stereocenters. The minimum atomic E-state index is -0.0490. The molecule has 0 spiro atoms. The van der Waals surface area contributed by atoms with E-state index in [0.717, 1.165) is 24.4 Å². The SMILES string of the molecule is CN(C)c1ccc(Oc2cccc(C(=O)NCCCN3CCCCC3)c2)cc1. The van der Waals surface area contributed by atoms with Crippen LogP contribution in [0.3, 0.4) is 0 Å². The average molecular weight is 382 g/mol. The fourth-order valence-electron chi connectivity index (χ4n) is 3.44. The molecule has 0 bridgehead atoms. The molecule has 0 radical (unpaired) electrons. The summed E-state index contributed by atoms with van der Waals surface area (Å²) in [5.74, 6) is 1.37. The van der Waals surface area contributed by atoms with Gasteiger partial charge in [0.1, 0.15) is 11.5 Å². The second-order valence-electron chi connectivity index (χ2n) is 7.53. The van der Waals surface area contributed by atoms with E-state index in [-0.39, 0.29) is 5.91 Å². The molecule has 1 aliphatic heterocycles. The third kappa shape index (κ3) is 5.99. The zero-order valence-electron chi connectivity index (χ0n) is 17.0. The molecule has 1 saturated heterocycles. The molecule has 5 heteroatoms. The first-order valence-electron chi connectivity index (χ1n) is 10.2.